The number of carbonyl (C=O) groups is 2. The first-order valence-electron chi connectivity index (χ1n) is 6.38. The van der Waals surface area contributed by atoms with Gasteiger partial charge in [-0.3, -0.25) is 4.79 Å². The van der Waals surface area contributed by atoms with Gasteiger partial charge >= 0.3 is 5.97 Å². The first-order chi connectivity index (χ1) is 9.95. The number of carbonyl (C=O) groups excluding carboxylic acids is 1. The van der Waals surface area contributed by atoms with Crippen LogP contribution in [-0.2, 0) is 17.9 Å². The first-order valence-corrected chi connectivity index (χ1v) is 6.38. The van der Waals surface area contributed by atoms with E-state index in [1.165, 1.54) is 10.9 Å². The molecule has 2 rings (SSSR count). The fourth-order valence-corrected chi connectivity index (χ4v) is 1.79. The summed E-state index contributed by atoms with van der Waals surface area (Å²) in [5, 5.41) is 15.8. The Balaban J connectivity index is 1.95. The monoisotopic (exact) mass is 288 g/mol. The Kier molecular flexibility index (Phi) is 4.32. The third-order valence-corrected chi connectivity index (χ3v) is 3.02. The average Bonchev–Trinajstić information content (AvgIpc) is 2.90. The molecule has 0 radical (unpaired) electrons. The summed E-state index contributed by atoms with van der Waals surface area (Å²) in [5.41, 5.74) is 2.02. The molecule has 21 heavy (non-hydrogen) atoms. The molecule has 1 aromatic carbocycles. The molecule has 0 aliphatic rings. The lowest BCUT2D eigenvalue weighted by atomic mass is 10.1. The zero-order chi connectivity index (χ0) is 15.4. The lowest BCUT2D eigenvalue weighted by molar-refractivity contribution is -0.131. The van der Waals surface area contributed by atoms with Gasteiger partial charge in [-0.15, -0.1) is 5.10 Å². The predicted molar refractivity (Wildman–Crippen MR) is 74.6 cm³/mol. The number of hydrogen-bond acceptors (Lipinski definition) is 4. The highest BCUT2D eigenvalue weighted by Crippen LogP contribution is 2.06. The maximum Gasteiger partial charge on any atom is 0.358 e. The molecule has 110 valence electrons. The molecule has 0 spiro atoms. The molecule has 7 nitrogen and oxygen atoms in total. The van der Waals surface area contributed by atoms with Crippen molar-refractivity contribution in [2.45, 2.75) is 20.0 Å². The van der Waals surface area contributed by atoms with E-state index in [1.807, 2.05) is 31.2 Å². The van der Waals surface area contributed by atoms with Crippen LogP contribution in [0, 0.1) is 6.92 Å². The number of hydrogen-bond donors (Lipinski definition) is 1. The van der Waals surface area contributed by atoms with Crippen LogP contribution < -0.4 is 0 Å². The fourth-order valence-electron chi connectivity index (χ4n) is 1.79. The molecule has 0 aliphatic heterocycles. The van der Waals surface area contributed by atoms with Crippen LogP contribution >= 0.6 is 0 Å². The number of rotatable bonds is 5. The van der Waals surface area contributed by atoms with Crippen molar-refractivity contribution in [3.05, 3.63) is 47.3 Å². The van der Waals surface area contributed by atoms with E-state index in [2.05, 4.69) is 10.3 Å². The molecule has 1 heterocycles. The molecular formula is C14H16N4O3. The van der Waals surface area contributed by atoms with E-state index in [4.69, 9.17) is 5.11 Å². The zero-order valence-electron chi connectivity index (χ0n) is 11.9. The Labute approximate surface area is 121 Å². The van der Waals surface area contributed by atoms with Gasteiger partial charge in [0.05, 0.1) is 6.20 Å². The van der Waals surface area contributed by atoms with Crippen molar-refractivity contribution in [1.82, 2.24) is 19.9 Å². The highest BCUT2D eigenvalue weighted by molar-refractivity contribution is 5.84. The molecule has 2 aromatic rings. The average molecular weight is 288 g/mol. The summed E-state index contributed by atoms with van der Waals surface area (Å²) in [6.07, 6.45) is 1.24. The number of carboxylic acids is 1. The third-order valence-electron chi connectivity index (χ3n) is 3.02. The van der Waals surface area contributed by atoms with Gasteiger partial charge in [0, 0.05) is 13.6 Å². The highest BCUT2D eigenvalue weighted by atomic mass is 16.4. The Hall–Kier alpha value is -2.70. The van der Waals surface area contributed by atoms with E-state index in [-0.39, 0.29) is 18.1 Å². The largest absolute Gasteiger partial charge is 0.476 e. The summed E-state index contributed by atoms with van der Waals surface area (Å²) in [6.45, 7) is 2.45. The van der Waals surface area contributed by atoms with Crippen molar-refractivity contribution in [3.63, 3.8) is 0 Å². The SMILES string of the molecule is Cc1ccc(CN(C)C(=O)Cn2cc(C(=O)O)nn2)cc1. The van der Waals surface area contributed by atoms with Crippen molar-refractivity contribution < 1.29 is 14.7 Å². The van der Waals surface area contributed by atoms with Gasteiger partial charge in [0.25, 0.3) is 0 Å². The van der Waals surface area contributed by atoms with Crippen molar-refractivity contribution >= 4 is 11.9 Å². The van der Waals surface area contributed by atoms with E-state index in [9.17, 15) is 9.59 Å². The van der Waals surface area contributed by atoms with Crippen LogP contribution in [0.15, 0.2) is 30.5 Å². The minimum atomic E-state index is -1.17. The molecule has 0 atom stereocenters. The number of likely N-dealkylation sites (N-methyl/N-ethyl adjacent to an activating group) is 1. The third kappa shape index (κ3) is 3.88. The molecule has 0 unspecified atom stereocenters. The van der Waals surface area contributed by atoms with Crippen LogP contribution in [0.4, 0.5) is 0 Å². The van der Waals surface area contributed by atoms with Gasteiger partial charge in [-0.2, -0.15) is 0 Å². The minimum absolute atomic E-state index is 0.0390. The second-order valence-corrected chi connectivity index (χ2v) is 4.84. The first kappa shape index (κ1) is 14.7. The maximum atomic E-state index is 12.1. The quantitative estimate of drug-likeness (QED) is 0.884. The Morgan fingerprint density at radius 1 is 1.29 bits per heavy atom. The molecule has 0 saturated carbocycles. The maximum absolute atomic E-state index is 12.1. The van der Waals surface area contributed by atoms with Crippen LogP contribution in [0.1, 0.15) is 21.6 Å². The highest BCUT2D eigenvalue weighted by Gasteiger charge is 2.13. The molecule has 0 bridgehead atoms. The Bertz CT molecular complexity index is 648. The van der Waals surface area contributed by atoms with Gasteiger partial charge in [0.15, 0.2) is 5.69 Å². The zero-order valence-corrected chi connectivity index (χ0v) is 11.9. The number of carboxylic acid groups (broad SMARTS) is 1. The van der Waals surface area contributed by atoms with E-state index in [1.54, 1.807) is 11.9 Å². The van der Waals surface area contributed by atoms with Gasteiger partial charge < -0.3 is 10.0 Å². The van der Waals surface area contributed by atoms with E-state index < -0.39 is 5.97 Å². The summed E-state index contributed by atoms with van der Waals surface area (Å²) in [4.78, 5) is 24.3. The van der Waals surface area contributed by atoms with Crippen LogP contribution in [0.2, 0.25) is 0 Å². The second-order valence-electron chi connectivity index (χ2n) is 4.84. The molecule has 1 amide bonds. The van der Waals surface area contributed by atoms with Gasteiger partial charge in [-0.1, -0.05) is 35.0 Å². The Morgan fingerprint density at radius 3 is 2.52 bits per heavy atom. The van der Waals surface area contributed by atoms with Crippen molar-refractivity contribution in [2.24, 2.45) is 0 Å². The molecule has 0 aliphatic carbocycles. The van der Waals surface area contributed by atoms with Crippen molar-refractivity contribution in [2.75, 3.05) is 7.05 Å². The number of aromatic nitrogens is 3. The number of nitrogens with zero attached hydrogens (tertiary/aromatic N) is 4. The fraction of sp³-hybridized carbons (Fsp3) is 0.286. The van der Waals surface area contributed by atoms with Gasteiger partial charge in [-0.25, -0.2) is 9.48 Å². The molecule has 0 saturated heterocycles. The molecule has 0 fully saturated rings. The molecule has 1 N–H and O–H groups in total. The normalized spacial score (nSPS) is 10.4. The lowest BCUT2D eigenvalue weighted by Gasteiger charge is -2.17. The van der Waals surface area contributed by atoms with Crippen molar-refractivity contribution in [3.8, 4) is 0 Å². The minimum Gasteiger partial charge on any atom is -0.476 e. The Morgan fingerprint density at radius 2 is 1.95 bits per heavy atom. The van der Waals surface area contributed by atoms with Gasteiger partial charge in [-0.05, 0) is 12.5 Å². The van der Waals surface area contributed by atoms with Crippen LogP contribution in [-0.4, -0.2) is 43.9 Å². The molecular weight excluding hydrogens is 272 g/mol. The topological polar surface area (TPSA) is 88.3 Å². The van der Waals surface area contributed by atoms with Gasteiger partial charge in [0.1, 0.15) is 6.54 Å². The summed E-state index contributed by atoms with van der Waals surface area (Å²) in [6, 6.07) is 7.92. The summed E-state index contributed by atoms with van der Waals surface area (Å²) < 4.78 is 1.22. The number of aryl methyl sites for hydroxylation is 1. The number of benzene rings is 1. The van der Waals surface area contributed by atoms with Crippen LogP contribution in [0.3, 0.4) is 0 Å². The number of aromatic carboxylic acids is 1. The van der Waals surface area contributed by atoms with Crippen molar-refractivity contribution in [1.29, 1.82) is 0 Å². The predicted octanol–water partition coefficient (Wildman–Crippen LogP) is 0.943. The van der Waals surface area contributed by atoms with E-state index in [0.29, 0.717) is 6.54 Å². The van der Waals surface area contributed by atoms with Crippen LogP contribution in [0.25, 0.3) is 0 Å². The summed E-state index contributed by atoms with van der Waals surface area (Å²) >= 11 is 0. The van der Waals surface area contributed by atoms with E-state index in [0.717, 1.165) is 11.1 Å². The molecule has 1 aromatic heterocycles. The number of amides is 1. The summed E-state index contributed by atoms with van der Waals surface area (Å²) in [7, 11) is 1.69. The van der Waals surface area contributed by atoms with E-state index >= 15 is 0 Å². The molecule has 7 heteroatoms. The second kappa shape index (κ2) is 6.17. The van der Waals surface area contributed by atoms with Gasteiger partial charge in [0.2, 0.25) is 5.91 Å². The smallest absolute Gasteiger partial charge is 0.358 e. The standard InChI is InChI=1S/C14H16N4O3/c1-10-3-5-11(6-4-10)7-17(2)13(19)9-18-8-12(14(20)21)15-16-18/h3-6,8H,7,9H2,1-2H3,(H,20,21). The lowest BCUT2D eigenvalue weighted by Crippen LogP contribution is -2.30. The van der Waals surface area contributed by atoms with Crippen LogP contribution in [0.5, 0.6) is 0 Å². The summed E-state index contributed by atoms with van der Waals surface area (Å²) in [5.74, 6) is -1.33.